The molecule has 15 heavy (non-hydrogen) atoms. The van der Waals surface area contributed by atoms with Crippen LogP contribution in [0.3, 0.4) is 0 Å². The highest BCUT2D eigenvalue weighted by atomic mass is 35.5. The van der Waals surface area contributed by atoms with E-state index in [1.807, 2.05) is 6.07 Å². The van der Waals surface area contributed by atoms with Gasteiger partial charge in [-0.25, -0.2) is 8.42 Å². The molecule has 0 aliphatic carbocycles. The van der Waals surface area contributed by atoms with Gasteiger partial charge in [-0.2, -0.15) is 0 Å². The minimum atomic E-state index is -3.07. The number of halogens is 1. The lowest BCUT2D eigenvalue weighted by molar-refractivity contribution is 0.557. The number of hydrogen-bond acceptors (Lipinski definition) is 3. The fraction of sp³-hybridized carbons (Fsp3) is 0.200. The van der Waals surface area contributed by atoms with Crippen molar-refractivity contribution in [3.8, 4) is 0 Å². The van der Waals surface area contributed by atoms with E-state index in [-0.39, 0.29) is 5.75 Å². The van der Waals surface area contributed by atoms with Crippen molar-refractivity contribution in [3.63, 3.8) is 0 Å². The van der Waals surface area contributed by atoms with Gasteiger partial charge in [0.1, 0.15) is 11.5 Å². The first-order chi connectivity index (χ1) is 6.96. The van der Waals surface area contributed by atoms with Crippen LogP contribution < -0.4 is 0 Å². The highest BCUT2D eigenvalue weighted by Gasteiger charge is 2.11. The maximum atomic E-state index is 11.1. The summed E-state index contributed by atoms with van der Waals surface area (Å²) >= 11 is 5.90. The number of fused-ring (bicyclic) bond motifs is 1. The Hall–Kier alpha value is -1.00. The minimum absolute atomic E-state index is 0.0992. The number of furan rings is 1. The van der Waals surface area contributed by atoms with E-state index in [0.29, 0.717) is 16.4 Å². The summed E-state index contributed by atoms with van der Waals surface area (Å²) < 4.78 is 27.5. The molecule has 0 aliphatic rings. The lowest BCUT2D eigenvalue weighted by Gasteiger charge is -1.92. The molecule has 0 amide bonds. The van der Waals surface area contributed by atoms with Crippen molar-refractivity contribution in [2.75, 3.05) is 6.26 Å². The maximum absolute atomic E-state index is 11.1. The Morgan fingerprint density at radius 2 is 2.13 bits per heavy atom. The van der Waals surface area contributed by atoms with E-state index >= 15 is 0 Å². The lowest BCUT2D eigenvalue weighted by Crippen LogP contribution is -1.98. The second-order valence-corrected chi connectivity index (χ2v) is 5.99. The number of sulfone groups is 1. The fourth-order valence-corrected chi connectivity index (χ4v) is 2.29. The summed E-state index contributed by atoms with van der Waals surface area (Å²) in [5.74, 6) is 0.318. The normalized spacial score (nSPS) is 12.1. The molecule has 3 nitrogen and oxygen atoms in total. The van der Waals surface area contributed by atoms with Crippen LogP contribution >= 0.6 is 11.6 Å². The van der Waals surface area contributed by atoms with Crippen LogP contribution in [0.2, 0.25) is 5.02 Å². The molecule has 0 atom stereocenters. The van der Waals surface area contributed by atoms with Crippen LogP contribution in [-0.2, 0) is 15.6 Å². The molecule has 0 N–H and O–H groups in total. The van der Waals surface area contributed by atoms with Gasteiger partial charge in [0.2, 0.25) is 0 Å². The average Bonchev–Trinajstić information content (AvgIpc) is 2.45. The molecule has 0 fully saturated rings. The van der Waals surface area contributed by atoms with Crippen LogP contribution in [0.4, 0.5) is 0 Å². The molecule has 1 aromatic carbocycles. The first kappa shape index (κ1) is 10.5. The van der Waals surface area contributed by atoms with Gasteiger partial charge in [-0.05, 0) is 12.1 Å². The molecule has 0 saturated carbocycles. The van der Waals surface area contributed by atoms with Crippen molar-refractivity contribution < 1.29 is 12.8 Å². The Kier molecular flexibility index (Phi) is 2.48. The van der Waals surface area contributed by atoms with E-state index < -0.39 is 9.84 Å². The van der Waals surface area contributed by atoms with Gasteiger partial charge in [0.05, 0.1) is 5.02 Å². The minimum Gasteiger partial charge on any atom is -0.458 e. The standard InChI is InChI=1S/C10H9ClO3S/c1-15(12,13)6-8-5-7-3-2-4-9(11)10(7)14-8/h2-5H,6H2,1H3. The van der Waals surface area contributed by atoms with E-state index in [9.17, 15) is 8.42 Å². The third kappa shape index (κ3) is 2.33. The summed E-state index contributed by atoms with van der Waals surface area (Å²) in [5, 5.41) is 1.31. The molecule has 0 spiro atoms. The van der Waals surface area contributed by atoms with Crippen molar-refractivity contribution in [1.82, 2.24) is 0 Å². The van der Waals surface area contributed by atoms with Gasteiger partial charge in [-0.1, -0.05) is 23.7 Å². The summed E-state index contributed by atoms with van der Waals surface area (Å²) in [5.41, 5.74) is 0.540. The molecule has 0 bridgehead atoms. The van der Waals surface area contributed by atoms with Gasteiger partial charge in [0.15, 0.2) is 15.4 Å². The summed E-state index contributed by atoms with van der Waals surface area (Å²) in [7, 11) is -3.07. The fourth-order valence-electron chi connectivity index (χ4n) is 1.41. The molecular weight excluding hydrogens is 236 g/mol. The van der Waals surface area contributed by atoms with Crippen LogP contribution in [0.5, 0.6) is 0 Å². The monoisotopic (exact) mass is 244 g/mol. The number of benzene rings is 1. The summed E-state index contributed by atoms with van der Waals surface area (Å²) in [6.45, 7) is 0. The molecule has 0 radical (unpaired) electrons. The van der Waals surface area contributed by atoms with Crippen LogP contribution in [-0.4, -0.2) is 14.7 Å². The summed E-state index contributed by atoms with van der Waals surface area (Å²) in [4.78, 5) is 0. The molecule has 2 rings (SSSR count). The molecule has 1 heterocycles. The quantitative estimate of drug-likeness (QED) is 0.816. The molecule has 0 unspecified atom stereocenters. The zero-order valence-corrected chi connectivity index (χ0v) is 9.60. The van der Waals surface area contributed by atoms with Crippen molar-refractivity contribution in [1.29, 1.82) is 0 Å². The Morgan fingerprint density at radius 1 is 1.40 bits per heavy atom. The molecular formula is C10H9ClO3S. The van der Waals surface area contributed by atoms with Crippen molar-refractivity contribution in [2.45, 2.75) is 5.75 Å². The number of hydrogen-bond donors (Lipinski definition) is 0. The average molecular weight is 245 g/mol. The van der Waals surface area contributed by atoms with Gasteiger partial charge in [-0.15, -0.1) is 0 Å². The van der Waals surface area contributed by atoms with Gasteiger partial charge < -0.3 is 4.42 Å². The second-order valence-electron chi connectivity index (χ2n) is 3.44. The molecule has 1 aromatic heterocycles. The van der Waals surface area contributed by atoms with Gasteiger partial charge in [-0.3, -0.25) is 0 Å². The van der Waals surface area contributed by atoms with Crippen LogP contribution in [0.15, 0.2) is 28.7 Å². The lowest BCUT2D eigenvalue weighted by atomic mass is 10.2. The maximum Gasteiger partial charge on any atom is 0.154 e. The zero-order chi connectivity index (χ0) is 11.1. The van der Waals surface area contributed by atoms with E-state index in [1.54, 1.807) is 18.2 Å². The van der Waals surface area contributed by atoms with Gasteiger partial charge >= 0.3 is 0 Å². The predicted octanol–water partition coefficient (Wildman–Crippen LogP) is 2.63. The van der Waals surface area contributed by atoms with E-state index in [0.717, 1.165) is 5.39 Å². The highest BCUT2D eigenvalue weighted by Crippen LogP contribution is 2.27. The Labute approximate surface area is 92.6 Å². The van der Waals surface area contributed by atoms with Crippen molar-refractivity contribution in [3.05, 3.63) is 35.0 Å². The Balaban J connectivity index is 2.53. The first-order valence-electron chi connectivity index (χ1n) is 4.30. The van der Waals surface area contributed by atoms with Crippen LogP contribution in [0.25, 0.3) is 11.0 Å². The number of rotatable bonds is 2. The molecule has 0 saturated heterocycles. The van der Waals surface area contributed by atoms with Crippen molar-refractivity contribution in [2.24, 2.45) is 0 Å². The third-order valence-corrected chi connectivity index (χ3v) is 3.06. The van der Waals surface area contributed by atoms with Crippen LogP contribution in [0.1, 0.15) is 5.76 Å². The van der Waals surface area contributed by atoms with Crippen LogP contribution in [0, 0.1) is 0 Å². The second kappa shape index (κ2) is 3.54. The Bertz CT molecular complexity index is 598. The molecule has 80 valence electrons. The van der Waals surface area contributed by atoms with Gasteiger partial charge in [0.25, 0.3) is 0 Å². The van der Waals surface area contributed by atoms with E-state index in [1.165, 1.54) is 6.26 Å². The highest BCUT2D eigenvalue weighted by molar-refractivity contribution is 7.89. The first-order valence-corrected chi connectivity index (χ1v) is 6.74. The predicted molar refractivity (Wildman–Crippen MR) is 59.8 cm³/mol. The third-order valence-electron chi connectivity index (χ3n) is 1.95. The van der Waals surface area contributed by atoms with Gasteiger partial charge in [0, 0.05) is 11.6 Å². The summed E-state index contributed by atoms with van der Waals surface area (Å²) in [6, 6.07) is 7.03. The largest absolute Gasteiger partial charge is 0.458 e. The molecule has 0 aliphatic heterocycles. The summed E-state index contributed by atoms with van der Waals surface area (Å²) in [6.07, 6.45) is 1.17. The molecule has 2 aromatic rings. The SMILES string of the molecule is CS(=O)(=O)Cc1cc2cccc(Cl)c2o1. The molecule has 5 heteroatoms. The van der Waals surface area contributed by atoms with E-state index in [4.69, 9.17) is 16.0 Å². The smallest absolute Gasteiger partial charge is 0.154 e. The Morgan fingerprint density at radius 3 is 2.73 bits per heavy atom. The topological polar surface area (TPSA) is 47.3 Å². The van der Waals surface area contributed by atoms with Crippen molar-refractivity contribution >= 4 is 32.4 Å². The zero-order valence-electron chi connectivity index (χ0n) is 8.03. The number of para-hydroxylation sites is 1. The van der Waals surface area contributed by atoms with E-state index in [2.05, 4.69) is 0 Å².